The topological polar surface area (TPSA) is 85.4 Å². The van der Waals surface area contributed by atoms with Crippen LogP contribution < -0.4 is 20.1 Å². The first-order chi connectivity index (χ1) is 13.5. The number of ether oxygens (including phenoxy) is 2. The molecule has 7 heteroatoms. The molecule has 2 N–H and O–H groups in total. The quantitative estimate of drug-likeness (QED) is 0.671. The highest BCUT2D eigenvalue weighted by Crippen LogP contribution is 2.31. The van der Waals surface area contributed by atoms with Gasteiger partial charge in [-0.2, -0.15) is 0 Å². The van der Waals surface area contributed by atoms with Crippen molar-refractivity contribution < 1.29 is 14.3 Å². The van der Waals surface area contributed by atoms with E-state index in [0.29, 0.717) is 23.0 Å². The number of aryl methyl sites for hydroxylation is 2. The molecule has 144 valence electrons. The van der Waals surface area contributed by atoms with Crippen molar-refractivity contribution in [1.82, 2.24) is 9.97 Å². The zero-order chi connectivity index (χ0) is 20.1. The van der Waals surface area contributed by atoms with Crippen LogP contribution in [0, 0.1) is 13.8 Å². The van der Waals surface area contributed by atoms with Crippen LogP contribution in [-0.4, -0.2) is 30.1 Å². The fourth-order valence-electron chi connectivity index (χ4n) is 2.78. The molecule has 0 aliphatic heterocycles. The Morgan fingerprint density at radius 3 is 2.39 bits per heavy atom. The van der Waals surface area contributed by atoms with E-state index in [0.717, 1.165) is 16.8 Å². The zero-order valence-corrected chi connectivity index (χ0v) is 16.2. The standard InChI is InChI=1S/C21H22N4O3/c1-13-6-5-7-14(2)20(13)25-21(26)17-11-19(23-12-22-17)24-16-9-8-15(27-3)10-18(16)28-4/h5-12H,1-4H3,(H,25,26)(H,22,23,24). The molecule has 0 atom stereocenters. The van der Waals surface area contributed by atoms with Crippen LogP contribution in [0.5, 0.6) is 11.5 Å². The molecule has 3 rings (SSSR count). The minimum Gasteiger partial charge on any atom is -0.497 e. The molecule has 2 aromatic carbocycles. The maximum atomic E-state index is 12.7. The number of methoxy groups -OCH3 is 2. The van der Waals surface area contributed by atoms with E-state index in [1.807, 2.05) is 38.1 Å². The van der Waals surface area contributed by atoms with Gasteiger partial charge in [0.25, 0.3) is 5.91 Å². The molecule has 0 spiro atoms. The van der Waals surface area contributed by atoms with Crippen LogP contribution in [0.3, 0.4) is 0 Å². The van der Waals surface area contributed by atoms with E-state index in [4.69, 9.17) is 9.47 Å². The van der Waals surface area contributed by atoms with Crippen molar-refractivity contribution in [2.45, 2.75) is 13.8 Å². The van der Waals surface area contributed by atoms with Crippen molar-refractivity contribution in [3.63, 3.8) is 0 Å². The third kappa shape index (κ3) is 4.20. The van der Waals surface area contributed by atoms with Gasteiger partial charge in [-0.05, 0) is 37.1 Å². The number of hydrogen-bond donors (Lipinski definition) is 2. The third-order valence-electron chi connectivity index (χ3n) is 4.29. The van der Waals surface area contributed by atoms with Crippen molar-refractivity contribution >= 4 is 23.1 Å². The van der Waals surface area contributed by atoms with E-state index in [1.165, 1.54) is 6.33 Å². The predicted molar refractivity (Wildman–Crippen MR) is 109 cm³/mol. The van der Waals surface area contributed by atoms with Crippen LogP contribution in [0.2, 0.25) is 0 Å². The van der Waals surface area contributed by atoms with Crippen molar-refractivity contribution in [3.05, 3.63) is 65.6 Å². The summed E-state index contributed by atoms with van der Waals surface area (Å²) in [4.78, 5) is 20.9. The summed E-state index contributed by atoms with van der Waals surface area (Å²) >= 11 is 0. The summed E-state index contributed by atoms with van der Waals surface area (Å²) < 4.78 is 10.6. The summed E-state index contributed by atoms with van der Waals surface area (Å²) in [5, 5.41) is 6.07. The summed E-state index contributed by atoms with van der Waals surface area (Å²) in [5.41, 5.74) is 3.72. The lowest BCUT2D eigenvalue weighted by Crippen LogP contribution is -2.16. The van der Waals surface area contributed by atoms with E-state index in [9.17, 15) is 4.79 Å². The molecule has 0 unspecified atom stereocenters. The van der Waals surface area contributed by atoms with Gasteiger partial charge in [0.2, 0.25) is 0 Å². The molecule has 3 aromatic rings. The number of rotatable bonds is 6. The molecule has 28 heavy (non-hydrogen) atoms. The Kier molecular flexibility index (Phi) is 5.74. The molecule has 1 amide bonds. The van der Waals surface area contributed by atoms with Crippen LogP contribution >= 0.6 is 0 Å². The Morgan fingerprint density at radius 1 is 0.964 bits per heavy atom. The number of aromatic nitrogens is 2. The Labute approximate surface area is 163 Å². The monoisotopic (exact) mass is 378 g/mol. The highest BCUT2D eigenvalue weighted by molar-refractivity contribution is 6.04. The van der Waals surface area contributed by atoms with Crippen LogP contribution in [0.1, 0.15) is 21.6 Å². The van der Waals surface area contributed by atoms with E-state index in [2.05, 4.69) is 20.6 Å². The van der Waals surface area contributed by atoms with Crippen LogP contribution in [0.25, 0.3) is 0 Å². The van der Waals surface area contributed by atoms with Gasteiger partial charge in [-0.3, -0.25) is 4.79 Å². The van der Waals surface area contributed by atoms with Gasteiger partial charge in [0, 0.05) is 17.8 Å². The molecule has 1 aromatic heterocycles. The van der Waals surface area contributed by atoms with Crippen LogP contribution in [0.4, 0.5) is 17.2 Å². The molecular weight excluding hydrogens is 356 g/mol. The smallest absolute Gasteiger partial charge is 0.274 e. The number of amides is 1. The highest BCUT2D eigenvalue weighted by atomic mass is 16.5. The van der Waals surface area contributed by atoms with Crippen molar-refractivity contribution in [1.29, 1.82) is 0 Å². The molecule has 0 aliphatic carbocycles. The fourth-order valence-corrected chi connectivity index (χ4v) is 2.78. The number of carbonyl (C=O) groups excluding carboxylic acids is 1. The summed E-state index contributed by atoms with van der Waals surface area (Å²) in [6.07, 6.45) is 1.35. The van der Waals surface area contributed by atoms with Gasteiger partial charge in [0.15, 0.2) is 0 Å². The maximum Gasteiger partial charge on any atom is 0.274 e. The van der Waals surface area contributed by atoms with E-state index < -0.39 is 0 Å². The number of carbonyl (C=O) groups is 1. The van der Waals surface area contributed by atoms with Gasteiger partial charge in [0.05, 0.1) is 19.9 Å². The number of nitrogens with one attached hydrogen (secondary N) is 2. The molecule has 1 heterocycles. The average molecular weight is 378 g/mol. The summed E-state index contributed by atoms with van der Waals surface area (Å²) in [7, 11) is 3.16. The lowest BCUT2D eigenvalue weighted by atomic mass is 10.1. The number of nitrogens with zero attached hydrogens (tertiary/aromatic N) is 2. The summed E-state index contributed by atoms with van der Waals surface area (Å²) in [6, 6.07) is 12.8. The van der Waals surface area contributed by atoms with E-state index >= 15 is 0 Å². The van der Waals surface area contributed by atoms with Crippen molar-refractivity contribution in [3.8, 4) is 11.5 Å². The second-order valence-electron chi connectivity index (χ2n) is 6.20. The first-order valence-electron chi connectivity index (χ1n) is 8.70. The van der Waals surface area contributed by atoms with Gasteiger partial charge in [-0.15, -0.1) is 0 Å². The summed E-state index contributed by atoms with van der Waals surface area (Å²) in [6.45, 7) is 3.90. The third-order valence-corrected chi connectivity index (χ3v) is 4.29. The Morgan fingerprint density at radius 2 is 1.71 bits per heavy atom. The van der Waals surface area contributed by atoms with Crippen molar-refractivity contribution in [2.24, 2.45) is 0 Å². The normalized spacial score (nSPS) is 10.3. The number of para-hydroxylation sites is 1. The predicted octanol–water partition coefficient (Wildman–Crippen LogP) is 4.11. The summed E-state index contributed by atoms with van der Waals surface area (Å²) in [5.74, 6) is 1.45. The van der Waals surface area contributed by atoms with Crippen molar-refractivity contribution in [2.75, 3.05) is 24.9 Å². The lowest BCUT2D eigenvalue weighted by Gasteiger charge is -2.13. The van der Waals surface area contributed by atoms with E-state index in [-0.39, 0.29) is 11.6 Å². The number of benzene rings is 2. The first kappa shape index (κ1) is 19.2. The van der Waals surface area contributed by atoms with Gasteiger partial charge in [0.1, 0.15) is 29.3 Å². The molecule has 0 radical (unpaired) electrons. The fraction of sp³-hybridized carbons (Fsp3) is 0.190. The second-order valence-corrected chi connectivity index (χ2v) is 6.20. The highest BCUT2D eigenvalue weighted by Gasteiger charge is 2.13. The molecule has 0 fully saturated rings. The van der Waals surface area contributed by atoms with Crippen LogP contribution in [-0.2, 0) is 0 Å². The van der Waals surface area contributed by atoms with Crippen LogP contribution in [0.15, 0.2) is 48.8 Å². The molecule has 7 nitrogen and oxygen atoms in total. The zero-order valence-electron chi connectivity index (χ0n) is 16.2. The molecule has 0 aliphatic rings. The first-order valence-corrected chi connectivity index (χ1v) is 8.70. The van der Waals surface area contributed by atoms with Gasteiger partial charge in [-0.1, -0.05) is 18.2 Å². The van der Waals surface area contributed by atoms with Gasteiger partial charge >= 0.3 is 0 Å². The minimum absolute atomic E-state index is 0.257. The Hall–Kier alpha value is -3.61. The minimum atomic E-state index is -0.301. The van der Waals surface area contributed by atoms with Gasteiger partial charge < -0.3 is 20.1 Å². The van der Waals surface area contributed by atoms with Gasteiger partial charge in [-0.25, -0.2) is 9.97 Å². The maximum absolute atomic E-state index is 12.7. The number of hydrogen-bond acceptors (Lipinski definition) is 6. The molecule has 0 bridgehead atoms. The Bertz CT molecular complexity index is 984. The Balaban J connectivity index is 1.82. The second kappa shape index (κ2) is 8.39. The average Bonchev–Trinajstić information content (AvgIpc) is 2.71. The number of anilines is 3. The van der Waals surface area contributed by atoms with E-state index in [1.54, 1.807) is 32.4 Å². The lowest BCUT2D eigenvalue weighted by molar-refractivity contribution is 0.102. The molecular formula is C21H22N4O3. The molecule has 0 saturated carbocycles. The largest absolute Gasteiger partial charge is 0.497 e. The molecule has 0 saturated heterocycles. The SMILES string of the molecule is COc1ccc(Nc2cc(C(=O)Nc3c(C)cccc3C)ncn2)c(OC)c1.